The molecule has 0 aromatic heterocycles. The summed E-state index contributed by atoms with van der Waals surface area (Å²) in [6.07, 6.45) is 31.0. The summed E-state index contributed by atoms with van der Waals surface area (Å²) in [5.41, 5.74) is -1.37. The molecule has 1 N–H and O–H groups in total. The van der Waals surface area contributed by atoms with Crippen molar-refractivity contribution < 1.29 is 19.4 Å². The van der Waals surface area contributed by atoms with Crippen molar-refractivity contribution in [3.63, 3.8) is 0 Å². The predicted octanol–water partition coefficient (Wildman–Crippen LogP) is 10.0. The van der Waals surface area contributed by atoms with Gasteiger partial charge in [-0.25, -0.2) is 0 Å². The number of rotatable bonds is 20. The number of esters is 1. The maximum Gasteiger partial charge on any atom is 0.311 e. The van der Waals surface area contributed by atoms with Crippen molar-refractivity contribution in [2.75, 3.05) is 13.1 Å². The molecule has 2 saturated heterocycles. The lowest BCUT2D eigenvalue weighted by Crippen LogP contribution is -2.74. The minimum Gasteiger partial charge on any atom is -0.489 e. The highest BCUT2D eigenvalue weighted by Gasteiger charge is 2.74. The molecule has 0 aromatic carbocycles. The molecule has 5 nitrogen and oxygen atoms in total. The van der Waals surface area contributed by atoms with Gasteiger partial charge in [0.1, 0.15) is 11.9 Å². The highest BCUT2D eigenvalue weighted by molar-refractivity contribution is 5.71. The second-order valence-electron chi connectivity index (χ2n) is 16.5. The van der Waals surface area contributed by atoms with Gasteiger partial charge < -0.3 is 14.6 Å². The molecule has 3 aliphatic carbocycles. The van der Waals surface area contributed by atoms with Gasteiger partial charge in [-0.2, -0.15) is 0 Å². The Balaban J connectivity index is 1.11. The molecule has 2 aliphatic heterocycles. The van der Waals surface area contributed by atoms with E-state index in [1.807, 2.05) is 6.08 Å². The molecule has 5 aliphatic rings. The van der Waals surface area contributed by atoms with Gasteiger partial charge in [-0.15, -0.1) is 0 Å². The van der Waals surface area contributed by atoms with E-state index in [0.717, 1.165) is 56.9 Å². The number of hydrogen-bond donors (Lipinski definition) is 1. The SMILES string of the molecule is CCCCCCCC/C=C/CCCCCCCC(=O)OC1=C2O[C@@H](C(C)(C)CC)[C@]34CCN(CC5CC5)C(CC(C=C1)C23)[C@@]4(C)O. The minimum absolute atomic E-state index is 0.0605. The molecule has 2 bridgehead atoms. The third kappa shape index (κ3) is 7.66. The Hall–Kier alpha value is -1.59. The first-order chi connectivity index (χ1) is 22.2. The third-order valence-corrected chi connectivity index (χ3v) is 12.7. The highest BCUT2D eigenvalue weighted by Crippen LogP contribution is 2.69. The number of allylic oxidation sites excluding steroid dienone is 5. The summed E-state index contributed by atoms with van der Waals surface area (Å²) in [5.74, 6) is 2.45. The van der Waals surface area contributed by atoms with Crippen LogP contribution in [-0.4, -0.2) is 46.8 Å². The lowest BCUT2D eigenvalue weighted by atomic mass is 9.45. The molecule has 46 heavy (non-hydrogen) atoms. The maximum atomic E-state index is 13.1. The van der Waals surface area contributed by atoms with Crippen molar-refractivity contribution in [1.29, 1.82) is 0 Å². The molecular weight excluding hydrogens is 570 g/mol. The summed E-state index contributed by atoms with van der Waals surface area (Å²) in [4.78, 5) is 15.7. The molecule has 0 aromatic rings. The number of carbonyl (C=O) groups is 1. The first-order valence-electron chi connectivity index (χ1n) is 19.6. The van der Waals surface area contributed by atoms with Crippen molar-refractivity contribution >= 4 is 5.97 Å². The van der Waals surface area contributed by atoms with E-state index in [2.05, 4.69) is 57.7 Å². The Morgan fingerprint density at radius 3 is 2.33 bits per heavy atom. The Labute approximate surface area is 281 Å². The standard InChI is InChI=1S/C41H67NO4/c1-6-8-9-10-11-12-13-14-15-16-17-18-19-20-21-22-35(43)45-33-26-25-32-29-34-40(5,44)41(27-28-42(34)30-31-23-24-31)36(32)37(33)46-38(41)39(3,4)7-2/h14-15,25-26,31-32,34,36,38,44H,6-13,16-24,27-30H2,1-5H3/b15-14+/t32?,34?,36?,38-,40+,41-/m0/s1. The van der Waals surface area contributed by atoms with E-state index in [1.54, 1.807) is 0 Å². The molecule has 6 atom stereocenters. The third-order valence-electron chi connectivity index (χ3n) is 12.7. The number of likely N-dealkylation sites (tertiary alicyclic amines) is 1. The van der Waals surface area contributed by atoms with Gasteiger partial charge in [0.25, 0.3) is 0 Å². The molecular formula is C41H67NO4. The van der Waals surface area contributed by atoms with Gasteiger partial charge in [-0.05, 0) is 95.6 Å². The molecule has 5 heteroatoms. The summed E-state index contributed by atoms with van der Waals surface area (Å²) >= 11 is 0. The van der Waals surface area contributed by atoms with Gasteiger partial charge in [0, 0.05) is 35.8 Å². The van der Waals surface area contributed by atoms with Crippen molar-refractivity contribution in [1.82, 2.24) is 4.90 Å². The van der Waals surface area contributed by atoms with Gasteiger partial charge in [0.2, 0.25) is 0 Å². The van der Waals surface area contributed by atoms with Crippen LogP contribution in [0.3, 0.4) is 0 Å². The Morgan fingerprint density at radius 1 is 1.02 bits per heavy atom. The van der Waals surface area contributed by atoms with Gasteiger partial charge in [0.05, 0.1) is 5.60 Å². The van der Waals surface area contributed by atoms with E-state index < -0.39 is 5.60 Å². The topological polar surface area (TPSA) is 59.0 Å². The van der Waals surface area contributed by atoms with Crippen LogP contribution in [0.1, 0.15) is 157 Å². The van der Waals surface area contributed by atoms with E-state index in [1.165, 1.54) is 83.5 Å². The summed E-state index contributed by atoms with van der Waals surface area (Å²) in [5, 5.41) is 12.6. The monoisotopic (exact) mass is 638 g/mol. The first-order valence-corrected chi connectivity index (χ1v) is 19.6. The maximum absolute atomic E-state index is 13.1. The van der Waals surface area contributed by atoms with Crippen LogP contribution in [0.4, 0.5) is 0 Å². The zero-order valence-corrected chi connectivity index (χ0v) is 30.2. The second kappa shape index (κ2) is 15.7. The van der Waals surface area contributed by atoms with Gasteiger partial charge in [-0.3, -0.25) is 9.69 Å². The molecule has 260 valence electrons. The normalized spacial score (nSPS) is 32.2. The molecule has 3 unspecified atom stereocenters. The number of fused-ring (bicyclic) bond motifs is 1. The first kappa shape index (κ1) is 35.7. The largest absolute Gasteiger partial charge is 0.489 e. The number of nitrogens with zero attached hydrogens (tertiary/aromatic N) is 1. The number of piperidine rings is 1. The zero-order chi connectivity index (χ0) is 32.8. The average molecular weight is 638 g/mol. The Morgan fingerprint density at radius 2 is 1.67 bits per heavy atom. The second-order valence-corrected chi connectivity index (χ2v) is 16.5. The Kier molecular flexibility index (Phi) is 12.2. The van der Waals surface area contributed by atoms with E-state index in [-0.39, 0.29) is 34.9 Å². The van der Waals surface area contributed by atoms with E-state index >= 15 is 0 Å². The smallest absolute Gasteiger partial charge is 0.311 e. The molecule has 2 heterocycles. The summed E-state index contributed by atoms with van der Waals surface area (Å²) in [7, 11) is 0. The van der Waals surface area contributed by atoms with Crippen LogP contribution >= 0.6 is 0 Å². The zero-order valence-electron chi connectivity index (χ0n) is 30.2. The number of carbonyl (C=O) groups excluding carboxylic acids is 1. The summed E-state index contributed by atoms with van der Waals surface area (Å²) in [6.45, 7) is 13.3. The number of ether oxygens (including phenoxy) is 2. The van der Waals surface area contributed by atoms with Crippen molar-refractivity contribution in [2.45, 2.75) is 174 Å². The average Bonchev–Trinajstić information content (AvgIpc) is 3.77. The number of hydrogen-bond acceptors (Lipinski definition) is 5. The highest BCUT2D eigenvalue weighted by atomic mass is 16.6. The van der Waals surface area contributed by atoms with Crippen LogP contribution in [0.5, 0.6) is 0 Å². The summed E-state index contributed by atoms with van der Waals surface area (Å²) < 4.78 is 13.1. The van der Waals surface area contributed by atoms with Crippen molar-refractivity contribution in [3.05, 3.63) is 35.8 Å². The van der Waals surface area contributed by atoms with Gasteiger partial charge in [0.15, 0.2) is 5.76 Å². The van der Waals surface area contributed by atoms with Gasteiger partial charge >= 0.3 is 5.97 Å². The lowest BCUT2D eigenvalue weighted by molar-refractivity contribution is -0.238. The fourth-order valence-electron chi connectivity index (χ4n) is 9.51. The molecule has 1 spiro atoms. The van der Waals surface area contributed by atoms with E-state index in [4.69, 9.17) is 9.47 Å². The molecule has 0 radical (unpaired) electrons. The van der Waals surface area contributed by atoms with Crippen LogP contribution in [0, 0.1) is 28.6 Å². The van der Waals surface area contributed by atoms with Crippen LogP contribution < -0.4 is 0 Å². The lowest BCUT2D eigenvalue weighted by Gasteiger charge is -2.64. The van der Waals surface area contributed by atoms with Crippen LogP contribution in [-0.2, 0) is 14.3 Å². The van der Waals surface area contributed by atoms with Crippen LogP contribution in [0.15, 0.2) is 35.8 Å². The fourth-order valence-corrected chi connectivity index (χ4v) is 9.51. The number of unbranched alkanes of at least 4 members (excludes halogenated alkanes) is 11. The quantitative estimate of drug-likeness (QED) is 0.0818. The predicted molar refractivity (Wildman–Crippen MR) is 188 cm³/mol. The van der Waals surface area contributed by atoms with E-state index in [0.29, 0.717) is 18.1 Å². The van der Waals surface area contributed by atoms with Crippen molar-refractivity contribution in [3.8, 4) is 0 Å². The Bertz CT molecular complexity index is 1100. The van der Waals surface area contributed by atoms with Gasteiger partial charge in [-0.1, -0.05) is 97.3 Å². The molecule has 2 saturated carbocycles. The molecule has 5 rings (SSSR count). The summed E-state index contributed by atoms with van der Waals surface area (Å²) in [6, 6.07) is 0.135. The fraction of sp³-hybridized carbons (Fsp3) is 0.829. The minimum atomic E-state index is -0.871. The van der Waals surface area contributed by atoms with E-state index in [9.17, 15) is 9.90 Å². The molecule has 4 fully saturated rings. The molecule has 0 amide bonds. The van der Waals surface area contributed by atoms with Crippen LogP contribution in [0.2, 0.25) is 0 Å². The van der Waals surface area contributed by atoms with Crippen molar-refractivity contribution in [2.24, 2.45) is 28.6 Å². The number of aliphatic hydroxyl groups is 1. The van der Waals surface area contributed by atoms with Crippen LogP contribution in [0.25, 0.3) is 0 Å².